The molecule has 1 aromatic carbocycles. The molecule has 1 aliphatic heterocycles. The van der Waals surface area contributed by atoms with E-state index in [9.17, 15) is 4.79 Å². The second-order valence-corrected chi connectivity index (χ2v) is 6.56. The number of benzene rings is 1. The van der Waals surface area contributed by atoms with E-state index in [-0.39, 0.29) is 11.9 Å². The van der Waals surface area contributed by atoms with Gasteiger partial charge >= 0.3 is 0 Å². The standard InChI is InChI=1S/C17H20N2OS/c1-13-5-4-6-14(11-13)12-16(20)19-9-3-2-7-15(19)17-18-8-10-21-17/h4-6,8,10-11,15H,2-3,7,9,12H2,1H3. The fraction of sp³-hybridized carbons (Fsp3) is 0.412. The highest BCUT2D eigenvalue weighted by atomic mass is 32.1. The maximum atomic E-state index is 12.7. The predicted octanol–water partition coefficient (Wildman–Crippen LogP) is 3.75. The van der Waals surface area contributed by atoms with E-state index in [1.165, 1.54) is 12.0 Å². The number of hydrogen-bond acceptors (Lipinski definition) is 3. The number of nitrogens with zero attached hydrogens (tertiary/aromatic N) is 2. The van der Waals surface area contributed by atoms with Crippen molar-refractivity contribution in [1.82, 2.24) is 9.88 Å². The lowest BCUT2D eigenvalue weighted by Crippen LogP contribution is -2.39. The first kappa shape index (κ1) is 14.3. The third-order valence-electron chi connectivity index (χ3n) is 4.00. The molecule has 0 spiro atoms. The zero-order chi connectivity index (χ0) is 14.7. The Morgan fingerprint density at radius 1 is 1.43 bits per heavy atom. The molecule has 110 valence electrons. The quantitative estimate of drug-likeness (QED) is 0.865. The first-order valence-electron chi connectivity index (χ1n) is 7.48. The van der Waals surface area contributed by atoms with Gasteiger partial charge in [-0.15, -0.1) is 11.3 Å². The van der Waals surface area contributed by atoms with Gasteiger partial charge in [-0.05, 0) is 31.7 Å². The van der Waals surface area contributed by atoms with Gasteiger partial charge in [0.1, 0.15) is 5.01 Å². The lowest BCUT2D eigenvalue weighted by Gasteiger charge is -2.34. The zero-order valence-electron chi connectivity index (χ0n) is 12.3. The van der Waals surface area contributed by atoms with Crippen molar-refractivity contribution in [3.8, 4) is 0 Å². The highest BCUT2D eigenvalue weighted by Gasteiger charge is 2.29. The third-order valence-corrected chi connectivity index (χ3v) is 4.87. The molecule has 1 amide bonds. The van der Waals surface area contributed by atoms with Crippen molar-refractivity contribution in [2.45, 2.75) is 38.6 Å². The summed E-state index contributed by atoms with van der Waals surface area (Å²) in [5.74, 6) is 0.223. The van der Waals surface area contributed by atoms with Gasteiger partial charge in [0.15, 0.2) is 0 Å². The summed E-state index contributed by atoms with van der Waals surface area (Å²) in [4.78, 5) is 19.1. The topological polar surface area (TPSA) is 33.2 Å². The summed E-state index contributed by atoms with van der Waals surface area (Å²) in [6.45, 7) is 2.92. The molecular formula is C17H20N2OS. The molecule has 1 atom stereocenters. The Morgan fingerprint density at radius 2 is 2.33 bits per heavy atom. The largest absolute Gasteiger partial charge is 0.333 e. The number of rotatable bonds is 3. The average molecular weight is 300 g/mol. The van der Waals surface area contributed by atoms with Crippen molar-refractivity contribution >= 4 is 17.2 Å². The number of hydrogen-bond donors (Lipinski definition) is 0. The number of thiazole rings is 1. The van der Waals surface area contributed by atoms with Crippen molar-refractivity contribution in [3.63, 3.8) is 0 Å². The first-order valence-corrected chi connectivity index (χ1v) is 8.36. The van der Waals surface area contributed by atoms with Gasteiger partial charge in [0, 0.05) is 18.1 Å². The number of carbonyl (C=O) groups is 1. The van der Waals surface area contributed by atoms with Crippen LogP contribution in [-0.2, 0) is 11.2 Å². The predicted molar refractivity (Wildman–Crippen MR) is 85.3 cm³/mol. The normalized spacial score (nSPS) is 18.7. The molecule has 3 nitrogen and oxygen atoms in total. The van der Waals surface area contributed by atoms with Crippen LogP contribution in [0.2, 0.25) is 0 Å². The summed E-state index contributed by atoms with van der Waals surface area (Å²) in [7, 11) is 0. The lowest BCUT2D eigenvalue weighted by molar-refractivity contribution is -0.134. The van der Waals surface area contributed by atoms with E-state index < -0.39 is 0 Å². The molecule has 0 N–H and O–H groups in total. The summed E-state index contributed by atoms with van der Waals surface area (Å²) >= 11 is 1.65. The Hall–Kier alpha value is -1.68. The SMILES string of the molecule is Cc1cccc(CC(=O)N2CCCCC2c2nccs2)c1. The van der Waals surface area contributed by atoms with Crippen LogP contribution in [0.15, 0.2) is 35.8 Å². The molecule has 0 aliphatic carbocycles. The Morgan fingerprint density at radius 3 is 3.10 bits per heavy atom. The molecule has 0 radical (unpaired) electrons. The smallest absolute Gasteiger partial charge is 0.227 e. The molecule has 3 rings (SSSR count). The van der Waals surface area contributed by atoms with Crippen LogP contribution < -0.4 is 0 Å². The van der Waals surface area contributed by atoms with Crippen LogP contribution in [0.3, 0.4) is 0 Å². The molecule has 1 aromatic heterocycles. The van der Waals surface area contributed by atoms with Gasteiger partial charge in [-0.2, -0.15) is 0 Å². The van der Waals surface area contributed by atoms with Crippen molar-refractivity contribution in [2.24, 2.45) is 0 Å². The Labute approximate surface area is 129 Å². The summed E-state index contributed by atoms with van der Waals surface area (Å²) in [5.41, 5.74) is 2.30. The molecule has 1 unspecified atom stereocenters. The Bertz CT molecular complexity index is 609. The first-order chi connectivity index (χ1) is 10.2. The van der Waals surface area contributed by atoms with Crippen LogP contribution in [0.25, 0.3) is 0 Å². The van der Waals surface area contributed by atoms with Crippen LogP contribution in [0.1, 0.15) is 41.4 Å². The number of likely N-dealkylation sites (tertiary alicyclic amines) is 1. The summed E-state index contributed by atoms with van der Waals surface area (Å²) in [6, 6.07) is 8.39. The zero-order valence-corrected chi connectivity index (χ0v) is 13.1. The molecular weight excluding hydrogens is 280 g/mol. The van der Waals surface area contributed by atoms with Crippen LogP contribution >= 0.6 is 11.3 Å². The minimum atomic E-state index is 0.177. The number of piperidine rings is 1. The number of carbonyl (C=O) groups excluding carboxylic acids is 1. The minimum Gasteiger partial charge on any atom is -0.333 e. The molecule has 2 heterocycles. The van der Waals surface area contributed by atoms with Gasteiger partial charge in [-0.3, -0.25) is 4.79 Å². The monoisotopic (exact) mass is 300 g/mol. The maximum absolute atomic E-state index is 12.7. The average Bonchev–Trinajstić information content (AvgIpc) is 3.01. The summed E-state index contributed by atoms with van der Waals surface area (Å²) in [6.07, 6.45) is 5.63. The summed E-state index contributed by atoms with van der Waals surface area (Å²) in [5, 5.41) is 3.07. The second kappa shape index (κ2) is 6.39. The highest BCUT2D eigenvalue weighted by Crippen LogP contribution is 2.32. The molecule has 1 saturated heterocycles. The van der Waals surface area contributed by atoms with Crippen molar-refractivity contribution in [1.29, 1.82) is 0 Å². The van der Waals surface area contributed by atoms with E-state index in [4.69, 9.17) is 0 Å². The van der Waals surface area contributed by atoms with E-state index in [1.807, 2.05) is 28.6 Å². The maximum Gasteiger partial charge on any atom is 0.227 e. The van der Waals surface area contributed by atoms with Gasteiger partial charge in [0.25, 0.3) is 0 Å². The van der Waals surface area contributed by atoms with Crippen molar-refractivity contribution < 1.29 is 4.79 Å². The van der Waals surface area contributed by atoms with E-state index in [0.29, 0.717) is 6.42 Å². The number of aryl methyl sites for hydroxylation is 1. The molecule has 0 saturated carbocycles. The van der Waals surface area contributed by atoms with E-state index in [0.717, 1.165) is 30.0 Å². The van der Waals surface area contributed by atoms with Gasteiger partial charge in [-0.1, -0.05) is 29.8 Å². The van der Waals surface area contributed by atoms with Crippen LogP contribution in [-0.4, -0.2) is 22.3 Å². The van der Waals surface area contributed by atoms with E-state index >= 15 is 0 Å². The second-order valence-electron chi connectivity index (χ2n) is 5.63. The Balaban J connectivity index is 1.75. The van der Waals surface area contributed by atoms with Crippen LogP contribution in [0, 0.1) is 6.92 Å². The van der Waals surface area contributed by atoms with Gasteiger partial charge in [0.2, 0.25) is 5.91 Å². The highest BCUT2D eigenvalue weighted by molar-refractivity contribution is 7.09. The summed E-state index contributed by atoms with van der Waals surface area (Å²) < 4.78 is 0. The Kier molecular flexibility index (Phi) is 4.34. The lowest BCUT2D eigenvalue weighted by atomic mass is 10.0. The van der Waals surface area contributed by atoms with Crippen LogP contribution in [0.5, 0.6) is 0 Å². The molecule has 1 fully saturated rings. The number of amides is 1. The minimum absolute atomic E-state index is 0.177. The molecule has 0 bridgehead atoms. The molecule has 4 heteroatoms. The fourth-order valence-corrected chi connectivity index (χ4v) is 3.77. The van der Waals surface area contributed by atoms with E-state index in [2.05, 4.69) is 24.0 Å². The van der Waals surface area contributed by atoms with Crippen LogP contribution in [0.4, 0.5) is 0 Å². The van der Waals surface area contributed by atoms with E-state index in [1.54, 1.807) is 11.3 Å². The molecule has 21 heavy (non-hydrogen) atoms. The van der Waals surface area contributed by atoms with Crippen molar-refractivity contribution in [3.05, 3.63) is 52.0 Å². The number of aromatic nitrogens is 1. The van der Waals surface area contributed by atoms with Crippen molar-refractivity contribution in [2.75, 3.05) is 6.54 Å². The third kappa shape index (κ3) is 3.32. The fourth-order valence-electron chi connectivity index (χ4n) is 2.98. The molecule has 2 aromatic rings. The van der Waals surface area contributed by atoms with Gasteiger partial charge in [0.05, 0.1) is 12.5 Å². The molecule has 1 aliphatic rings. The van der Waals surface area contributed by atoms with Gasteiger partial charge < -0.3 is 4.90 Å². The van der Waals surface area contributed by atoms with Gasteiger partial charge in [-0.25, -0.2) is 4.98 Å².